The Labute approximate surface area is 265 Å². The number of aromatic nitrogens is 2. The summed E-state index contributed by atoms with van der Waals surface area (Å²) in [5, 5.41) is 21.1. The van der Waals surface area contributed by atoms with Gasteiger partial charge in [0.1, 0.15) is 11.4 Å². The van der Waals surface area contributed by atoms with E-state index in [4.69, 9.17) is 17.0 Å². The minimum atomic E-state index is -0.403. The number of ether oxygens (including phenoxy) is 1. The zero-order valence-corrected chi connectivity index (χ0v) is 25.9. The number of carbonyl (C=O) groups is 1. The van der Waals surface area contributed by atoms with Crippen LogP contribution in [-0.2, 0) is 4.79 Å². The number of benzene rings is 3. The van der Waals surface area contributed by atoms with Crippen LogP contribution in [-0.4, -0.2) is 44.0 Å². The molecule has 0 radical (unpaired) electrons. The van der Waals surface area contributed by atoms with Crippen LogP contribution in [0.1, 0.15) is 41.1 Å². The Balaban J connectivity index is 1.34. The summed E-state index contributed by atoms with van der Waals surface area (Å²) in [5.41, 5.74) is 4.50. The fourth-order valence-electron chi connectivity index (χ4n) is 6.18. The third-order valence-corrected chi connectivity index (χ3v) is 8.60. The fraction of sp³-hybridized carbons (Fsp3) is 0.206. The molecule has 1 fully saturated rings. The molecule has 1 aliphatic heterocycles. The second kappa shape index (κ2) is 12.4. The predicted octanol–water partition coefficient (Wildman–Crippen LogP) is 6.56. The number of hydrogen-bond acceptors (Lipinski definition) is 6. The molecule has 1 aliphatic rings. The molecular formula is C34H32N6O4S. The highest BCUT2D eigenvalue weighted by atomic mass is 32.1. The first-order valence-electron chi connectivity index (χ1n) is 14.5. The molecule has 45 heavy (non-hydrogen) atoms. The molecule has 0 aliphatic carbocycles. The predicted molar refractivity (Wildman–Crippen MR) is 178 cm³/mol. The van der Waals surface area contributed by atoms with Crippen LogP contribution in [0.4, 0.5) is 11.4 Å². The van der Waals surface area contributed by atoms with Gasteiger partial charge in [-0.3, -0.25) is 19.9 Å². The number of carbonyl (C=O) groups excluding carboxylic acids is 1. The summed E-state index contributed by atoms with van der Waals surface area (Å²) < 4.78 is 7.14. The third kappa shape index (κ3) is 5.69. The van der Waals surface area contributed by atoms with Gasteiger partial charge in [-0.05, 0) is 73.4 Å². The van der Waals surface area contributed by atoms with Crippen molar-refractivity contribution in [2.24, 2.45) is 0 Å². The minimum Gasteiger partial charge on any atom is -0.496 e. The Morgan fingerprint density at radius 3 is 2.60 bits per heavy atom. The first-order valence-corrected chi connectivity index (χ1v) is 14.9. The zero-order valence-electron chi connectivity index (χ0n) is 25.1. The topological polar surface area (TPSA) is 115 Å². The Morgan fingerprint density at radius 1 is 1.07 bits per heavy atom. The number of methoxy groups -OCH3 is 1. The first-order chi connectivity index (χ1) is 21.8. The summed E-state index contributed by atoms with van der Waals surface area (Å²) in [5.74, 6) is 0.273. The van der Waals surface area contributed by atoms with Gasteiger partial charge in [0, 0.05) is 41.6 Å². The van der Waals surface area contributed by atoms with Crippen molar-refractivity contribution in [3.8, 4) is 11.4 Å². The van der Waals surface area contributed by atoms with E-state index in [2.05, 4.69) is 15.6 Å². The number of nitro groups is 1. The van der Waals surface area contributed by atoms with Gasteiger partial charge in [0.15, 0.2) is 5.11 Å². The summed E-state index contributed by atoms with van der Waals surface area (Å²) in [6.45, 7) is 4.21. The molecule has 0 spiro atoms. The van der Waals surface area contributed by atoms with Crippen LogP contribution in [0.15, 0.2) is 91.1 Å². The molecule has 6 rings (SSSR count). The van der Waals surface area contributed by atoms with Crippen LogP contribution < -0.4 is 15.4 Å². The first kappa shape index (κ1) is 29.8. The fourth-order valence-corrected chi connectivity index (χ4v) is 6.51. The van der Waals surface area contributed by atoms with Crippen LogP contribution in [0.3, 0.4) is 0 Å². The standard InChI is InChI=1S/C34H32N6O4S/c1-21-19-26(22(2)39(21)29-15-14-24(44-3)20-30(29)40(42)43)33-32(28-12-6-7-17-35-28)37-34(45)38(33)18-16-31(41)36-27-13-8-10-23-9-4-5-11-25(23)27/h4-15,17,19-20,32-33H,16,18H2,1-3H3,(H,36,41)(H,37,45)/t32-,33-/m1/s1. The largest absolute Gasteiger partial charge is 0.496 e. The Morgan fingerprint density at radius 2 is 1.84 bits per heavy atom. The van der Waals surface area contributed by atoms with E-state index in [1.165, 1.54) is 13.2 Å². The SMILES string of the molecule is COc1ccc(-n2c(C)cc([C@@H]3[C@@H](c4ccccn4)NC(=S)N3CCC(=O)Nc3cccc4ccccc34)c2C)c([N+](=O)[O-])c1. The van der Waals surface area contributed by atoms with E-state index < -0.39 is 4.92 Å². The Kier molecular flexibility index (Phi) is 8.18. The number of rotatable bonds is 9. The van der Waals surface area contributed by atoms with Gasteiger partial charge in [-0.1, -0.05) is 42.5 Å². The number of aryl methyl sites for hydroxylation is 1. The Bertz CT molecular complexity index is 1920. The van der Waals surface area contributed by atoms with Gasteiger partial charge in [0.25, 0.3) is 5.69 Å². The third-order valence-electron chi connectivity index (χ3n) is 8.25. The van der Waals surface area contributed by atoms with Gasteiger partial charge in [-0.2, -0.15) is 0 Å². The number of pyridine rings is 1. The number of hydrogen-bond donors (Lipinski definition) is 2. The molecule has 2 N–H and O–H groups in total. The number of thiocarbonyl (C=S) groups is 1. The number of nitrogens with one attached hydrogen (secondary N) is 2. The number of anilines is 1. The summed E-state index contributed by atoms with van der Waals surface area (Å²) in [6.07, 6.45) is 1.93. The summed E-state index contributed by atoms with van der Waals surface area (Å²) in [7, 11) is 1.48. The number of fused-ring (bicyclic) bond motifs is 1. The molecule has 1 saturated heterocycles. The van der Waals surface area contributed by atoms with E-state index in [1.807, 2.05) is 90.0 Å². The van der Waals surface area contributed by atoms with Crippen molar-refractivity contribution in [2.75, 3.05) is 19.0 Å². The minimum absolute atomic E-state index is 0.0639. The van der Waals surface area contributed by atoms with E-state index in [1.54, 1.807) is 18.3 Å². The maximum Gasteiger partial charge on any atom is 0.296 e. The van der Waals surface area contributed by atoms with Gasteiger partial charge in [-0.25, -0.2) is 0 Å². The molecule has 0 bridgehead atoms. The van der Waals surface area contributed by atoms with Crippen LogP contribution in [0.25, 0.3) is 16.5 Å². The second-order valence-electron chi connectivity index (χ2n) is 10.9. The number of amides is 1. The molecule has 5 aromatic rings. The molecule has 0 saturated carbocycles. The average molecular weight is 621 g/mol. The number of nitro benzene ring substituents is 1. The smallest absolute Gasteiger partial charge is 0.296 e. The van der Waals surface area contributed by atoms with Crippen molar-refractivity contribution in [1.29, 1.82) is 0 Å². The van der Waals surface area contributed by atoms with Crippen LogP contribution in [0.5, 0.6) is 5.75 Å². The highest BCUT2D eigenvalue weighted by Crippen LogP contribution is 2.42. The van der Waals surface area contributed by atoms with E-state index >= 15 is 0 Å². The van der Waals surface area contributed by atoms with Crippen molar-refractivity contribution in [1.82, 2.24) is 19.8 Å². The highest BCUT2D eigenvalue weighted by Gasteiger charge is 2.41. The average Bonchev–Trinajstić information content (AvgIpc) is 3.53. The highest BCUT2D eigenvalue weighted by molar-refractivity contribution is 7.80. The van der Waals surface area contributed by atoms with Gasteiger partial charge in [0.05, 0.1) is 35.9 Å². The van der Waals surface area contributed by atoms with E-state index in [-0.39, 0.29) is 30.1 Å². The molecule has 2 aromatic heterocycles. The number of nitrogens with zero attached hydrogens (tertiary/aromatic N) is 4. The lowest BCUT2D eigenvalue weighted by atomic mass is 9.96. The van der Waals surface area contributed by atoms with E-state index in [0.29, 0.717) is 23.1 Å². The maximum absolute atomic E-state index is 13.3. The molecule has 3 aromatic carbocycles. The lowest BCUT2D eigenvalue weighted by Gasteiger charge is -2.28. The summed E-state index contributed by atoms with van der Waals surface area (Å²) in [6, 6.07) is 25.7. The second-order valence-corrected chi connectivity index (χ2v) is 11.3. The quantitative estimate of drug-likeness (QED) is 0.108. The molecule has 2 atom stereocenters. The summed E-state index contributed by atoms with van der Waals surface area (Å²) in [4.78, 5) is 31.6. The van der Waals surface area contributed by atoms with Crippen molar-refractivity contribution in [2.45, 2.75) is 32.4 Å². The lowest BCUT2D eigenvalue weighted by Crippen LogP contribution is -2.33. The monoisotopic (exact) mass is 620 g/mol. The summed E-state index contributed by atoms with van der Waals surface area (Å²) >= 11 is 5.84. The van der Waals surface area contributed by atoms with Crippen molar-refractivity contribution >= 4 is 45.4 Å². The van der Waals surface area contributed by atoms with Crippen LogP contribution in [0.2, 0.25) is 0 Å². The molecule has 0 unspecified atom stereocenters. The molecular weight excluding hydrogens is 588 g/mol. The zero-order chi connectivity index (χ0) is 31.7. The molecule has 228 valence electrons. The van der Waals surface area contributed by atoms with Gasteiger partial charge >= 0.3 is 0 Å². The Hall–Kier alpha value is -5.29. The van der Waals surface area contributed by atoms with Gasteiger partial charge < -0.3 is 24.8 Å². The normalized spacial score (nSPS) is 16.1. The van der Waals surface area contributed by atoms with Crippen LogP contribution >= 0.6 is 12.2 Å². The lowest BCUT2D eigenvalue weighted by molar-refractivity contribution is -0.384. The van der Waals surface area contributed by atoms with E-state index in [0.717, 1.165) is 39.1 Å². The van der Waals surface area contributed by atoms with Crippen LogP contribution in [0, 0.1) is 24.0 Å². The van der Waals surface area contributed by atoms with Gasteiger partial charge in [-0.15, -0.1) is 0 Å². The van der Waals surface area contributed by atoms with Crippen molar-refractivity contribution in [3.63, 3.8) is 0 Å². The molecule has 11 heteroatoms. The van der Waals surface area contributed by atoms with Crippen molar-refractivity contribution in [3.05, 3.63) is 124 Å². The van der Waals surface area contributed by atoms with E-state index in [9.17, 15) is 14.9 Å². The molecule has 10 nitrogen and oxygen atoms in total. The molecule has 1 amide bonds. The van der Waals surface area contributed by atoms with Crippen molar-refractivity contribution < 1.29 is 14.5 Å². The van der Waals surface area contributed by atoms with Gasteiger partial charge in [0.2, 0.25) is 5.91 Å². The molecule has 3 heterocycles. The maximum atomic E-state index is 13.3.